The molecule has 1 fully saturated rings. The molecule has 1 heterocycles. The molecule has 0 spiro atoms. The number of hydrogen-bond donors (Lipinski definition) is 1. The zero-order valence-corrected chi connectivity index (χ0v) is 17.9. The number of aromatic nitrogens is 2. The number of hydrogen-bond acceptors (Lipinski definition) is 3. The maximum Gasteiger partial charge on any atom is 0.223 e. The molecule has 0 bridgehead atoms. The highest BCUT2D eigenvalue weighted by atomic mass is 16.5. The van der Waals surface area contributed by atoms with Gasteiger partial charge in [0, 0.05) is 12.5 Å². The van der Waals surface area contributed by atoms with Gasteiger partial charge in [-0.25, -0.2) is 4.98 Å². The van der Waals surface area contributed by atoms with Crippen LogP contribution in [0.3, 0.4) is 0 Å². The van der Waals surface area contributed by atoms with Crippen LogP contribution >= 0.6 is 0 Å². The van der Waals surface area contributed by atoms with Crippen LogP contribution in [0.15, 0.2) is 48.5 Å². The molecule has 158 valence electrons. The highest BCUT2D eigenvalue weighted by Crippen LogP contribution is 2.29. The predicted octanol–water partition coefficient (Wildman–Crippen LogP) is 5.05. The minimum absolute atomic E-state index is 0.151. The lowest BCUT2D eigenvalue weighted by Gasteiger charge is -2.12. The summed E-state index contributed by atoms with van der Waals surface area (Å²) in [6.07, 6.45) is 4.04. The normalized spacial score (nSPS) is 14.6. The van der Waals surface area contributed by atoms with E-state index in [2.05, 4.69) is 54.1 Å². The molecule has 1 N–H and O–H groups in total. The Hall–Kier alpha value is -2.82. The van der Waals surface area contributed by atoms with Gasteiger partial charge in [0.2, 0.25) is 5.91 Å². The van der Waals surface area contributed by atoms with Gasteiger partial charge in [-0.2, -0.15) is 0 Å². The zero-order chi connectivity index (χ0) is 20.9. The van der Waals surface area contributed by atoms with Crippen LogP contribution in [-0.2, 0) is 17.9 Å². The fourth-order valence-electron chi connectivity index (χ4n) is 3.71. The fourth-order valence-corrected chi connectivity index (χ4v) is 3.71. The summed E-state index contributed by atoms with van der Waals surface area (Å²) in [5.74, 6) is 2.76. The van der Waals surface area contributed by atoms with Crippen molar-refractivity contribution in [3.63, 3.8) is 0 Å². The Morgan fingerprint density at radius 3 is 2.70 bits per heavy atom. The second kappa shape index (κ2) is 9.33. The Bertz CT molecular complexity index is 989. The Balaban J connectivity index is 1.35. The summed E-state index contributed by atoms with van der Waals surface area (Å²) in [6, 6.07) is 16.6. The Morgan fingerprint density at radius 1 is 1.20 bits per heavy atom. The first kappa shape index (κ1) is 20.5. The zero-order valence-electron chi connectivity index (χ0n) is 17.9. The first-order valence-electron chi connectivity index (χ1n) is 11.1. The molecule has 1 aliphatic carbocycles. The van der Waals surface area contributed by atoms with Crippen molar-refractivity contribution in [1.82, 2.24) is 14.9 Å². The molecule has 0 saturated heterocycles. The molecule has 1 aromatic heterocycles. The number of rotatable bonds is 10. The highest BCUT2D eigenvalue weighted by molar-refractivity contribution is 5.81. The average Bonchev–Trinajstić information content (AvgIpc) is 3.57. The molecule has 0 aliphatic heterocycles. The largest absolute Gasteiger partial charge is 0.494 e. The van der Waals surface area contributed by atoms with E-state index < -0.39 is 0 Å². The van der Waals surface area contributed by atoms with Gasteiger partial charge in [-0.15, -0.1) is 0 Å². The van der Waals surface area contributed by atoms with E-state index in [0.717, 1.165) is 54.8 Å². The Kier molecular flexibility index (Phi) is 6.36. The van der Waals surface area contributed by atoms with E-state index in [1.54, 1.807) is 0 Å². The van der Waals surface area contributed by atoms with Gasteiger partial charge < -0.3 is 14.6 Å². The van der Waals surface area contributed by atoms with Crippen molar-refractivity contribution in [2.45, 2.75) is 58.5 Å². The van der Waals surface area contributed by atoms with Gasteiger partial charge in [0.05, 0.1) is 24.2 Å². The number of nitrogens with one attached hydrogen (secondary N) is 1. The first-order chi connectivity index (χ1) is 14.7. The fraction of sp³-hybridized carbons (Fsp3) is 0.440. The molecule has 3 aromatic rings. The van der Waals surface area contributed by atoms with E-state index in [1.807, 2.05) is 18.2 Å². The second-order valence-corrected chi connectivity index (χ2v) is 8.24. The van der Waals surface area contributed by atoms with E-state index in [9.17, 15) is 4.79 Å². The molecule has 1 aliphatic rings. The summed E-state index contributed by atoms with van der Waals surface area (Å²) in [6.45, 7) is 6.38. The minimum Gasteiger partial charge on any atom is -0.494 e. The van der Waals surface area contributed by atoms with E-state index in [4.69, 9.17) is 9.72 Å². The maximum atomic E-state index is 12.0. The lowest BCUT2D eigenvalue weighted by Crippen LogP contribution is -2.26. The van der Waals surface area contributed by atoms with Crippen LogP contribution in [0.25, 0.3) is 11.0 Å². The molecule has 30 heavy (non-hydrogen) atoms. The minimum atomic E-state index is 0.151. The van der Waals surface area contributed by atoms with Gasteiger partial charge in [0.15, 0.2) is 0 Å². The van der Waals surface area contributed by atoms with Crippen molar-refractivity contribution < 1.29 is 9.53 Å². The number of para-hydroxylation sites is 2. The SMILES string of the molecule is CCC(C)c1ccc(OCCCn2c(CNC(=O)C3CC3)nc3ccccc32)cc1. The van der Waals surface area contributed by atoms with Crippen LogP contribution in [-0.4, -0.2) is 22.1 Å². The van der Waals surface area contributed by atoms with Crippen molar-refractivity contribution in [2.75, 3.05) is 6.61 Å². The smallest absolute Gasteiger partial charge is 0.223 e. The molecule has 5 nitrogen and oxygen atoms in total. The Morgan fingerprint density at radius 2 is 1.97 bits per heavy atom. The Labute approximate surface area is 178 Å². The van der Waals surface area contributed by atoms with Crippen molar-refractivity contribution in [2.24, 2.45) is 5.92 Å². The number of ether oxygens (including phenoxy) is 1. The number of amides is 1. The quantitative estimate of drug-likeness (QED) is 0.481. The summed E-state index contributed by atoms with van der Waals surface area (Å²) >= 11 is 0. The number of fused-ring (bicyclic) bond motifs is 1. The highest BCUT2D eigenvalue weighted by Gasteiger charge is 2.29. The van der Waals surface area contributed by atoms with Crippen molar-refractivity contribution in [3.8, 4) is 5.75 Å². The van der Waals surface area contributed by atoms with Crippen LogP contribution < -0.4 is 10.1 Å². The molecule has 0 radical (unpaired) electrons. The second-order valence-electron chi connectivity index (χ2n) is 8.24. The number of nitrogens with zero attached hydrogens (tertiary/aromatic N) is 2. The van der Waals surface area contributed by atoms with Crippen LogP contribution in [0.5, 0.6) is 5.75 Å². The predicted molar refractivity (Wildman–Crippen MR) is 120 cm³/mol. The number of aryl methyl sites for hydroxylation is 1. The van der Waals surface area contributed by atoms with Crippen molar-refractivity contribution >= 4 is 16.9 Å². The van der Waals surface area contributed by atoms with Gasteiger partial charge in [-0.3, -0.25) is 4.79 Å². The van der Waals surface area contributed by atoms with E-state index in [-0.39, 0.29) is 11.8 Å². The molecule has 4 rings (SSSR count). The summed E-state index contributed by atoms with van der Waals surface area (Å²) in [5, 5.41) is 3.04. The lowest BCUT2D eigenvalue weighted by atomic mass is 9.99. The van der Waals surface area contributed by atoms with Crippen LogP contribution in [0, 0.1) is 5.92 Å². The molecule has 5 heteroatoms. The third-order valence-electron chi connectivity index (χ3n) is 5.96. The maximum absolute atomic E-state index is 12.0. The third-order valence-corrected chi connectivity index (χ3v) is 5.96. The average molecular weight is 406 g/mol. The lowest BCUT2D eigenvalue weighted by molar-refractivity contribution is -0.122. The molecule has 1 amide bonds. The van der Waals surface area contributed by atoms with Crippen LogP contribution in [0.1, 0.15) is 56.8 Å². The molecule has 1 atom stereocenters. The molecule has 2 aromatic carbocycles. The first-order valence-corrected chi connectivity index (χ1v) is 11.1. The third kappa shape index (κ3) is 4.84. The van der Waals surface area contributed by atoms with E-state index in [1.165, 1.54) is 5.56 Å². The standard InChI is InChI=1S/C25H31N3O2/c1-3-18(2)19-11-13-21(14-12-19)30-16-6-15-28-23-8-5-4-7-22(23)27-24(28)17-26-25(29)20-9-10-20/h4-5,7-8,11-14,18,20H,3,6,9-10,15-17H2,1-2H3,(H,26,29). The molecular weight excluding hydrogens is 374 g/mol. The molecule has 1 unspecified atom stereocenters. The summed E-state index contributed by atoms with van der Waals surface area (Å²) in [7, 11) is 0. The summed E-state index contributed by atoms with van der Waals surface area (Å²) in [4.78, 5) is 16.8. The van der Waals surface area contributed by atoms with Crippen LogP contribution in [0.4, 0.5) is 0 Å². The van der Waals surface area contributed by atoms with Crippen LogP contribution in [0.2, 0.25) is 0 Å². The summed E-state index contributed by atoms with van der Waals surface area (Å²) < 4.78 is 8.17. The van der Waals surface area contributed by atoms with Crippen molar-refractivity contribution in [1.29, 1.82) is 0 Å². The number of carbonyl (C=O) groups is 1. The van der Waals surface area contributed by atoms with Gasteiger partial charge in [0.1, 0.15) is 11.6 Å². The van der Waals surface area contributed by atoms with Gasteiger partial charge >= 0.3 is 0 Å². The number of imidazole rings is 1. The topological polar surface area (TPSA) is 56.1 Å². The monoisotopic (exact) mass is 405 g/mol. The van der Waals surface area contributed by atoms with E-state index >= 15 is 0 Å². The van der Waals surface area contributed by atoms with E-state index in [0.29, 0.717) is 19.1 Å². The van der Waals surface area contributed by atoms with Gasteiger partial charge in [-0.1, -0.05) is 38.1 Å². The number of carbonyl (C=O) groups excluding carboxylic acids is 1. The van der Waals surface area contributed by atoms with Gasteiger partial charge in [-0.05, 0) is 61.4 Å². The molecular formula is C25H31N3O2. The summed E-state index contributed by atoms with van der Waals surface area (Å²) in [5.41, 5.74) is 3.42. The number of benzene rings is 2. The van der Waals surface area contributed by atoms with Crippen molar-refractivity contribution in [3.05, 3.63) is 59.9 Å². The van der Waals surface area contributed by atoms with Gasteiger partial charge in [0.25, 0.3) is 0 Å². The molecule has 1 saturated carbocycles.